The van der Waals surface area contributed by atoms with Crippen molar-refractivity contribution >= 4 is 34.4 Å². The Morgan fingerprint density at radius 2 is 1.90 bits per heavy atom. The number of imidazole rings is 1. The highest BCUT2D eigenvalue weighted by Gasteiger charge is 2.38. The maximum absolute atomic E-state index is 14.2. The SMILES string of the molecule is CC#CC(=O)N1CCC[C@H]1c1nc(C(=O)c2ccc(Nc3ccccc3)cc2C(F)(F)F)c2c(N)nccn12. The van der Waals surface area contributed by atoms with Gasteiger partial charge in [-0.05, 0) is 56.0 Å². The van der Waals surface area contributed by atoms with Gasteiger partial charge in [-0.1, -0.05) is 24.1 Å². The summed E-state index contributed by atoms with van der Waals surface area (Å²) in [5.74, 6) is 3.98. The van der Waals surface area contributed by atoms with Crippen molar-refractivity contribution in [1.82, 2.24) is 19.3 Å². The summed E-state index contributed by atoms with van der Waals surface area (Å²) in [6.45, 7) is 1.99. The number of nitrogens with one attached hydrogen (secondary N) is 1. The topological polar surface area (TPSA) is 106 Å². The molecule has 0 bridgehead atoms. The first kappa shape index (κ1) is 25.8. The Hall–Kier alpha value is -4.85. The van der Waals surface area contributed by atoms with E-state index in [2.05, 4.69) is 27.1 Å². The minimum Gasteiger partial charge on any atom is -0.382 e. The summed E-state index contributed by atoms with van der Waals surface area (Å²) >= 11 is 0. The molecule has 4 aromatic rings. The maximum atomic E-state index is 14.2. The van der Waals surface area contributed by atoms with Crippen LogP contribution < -0.4 is 11.1 Å². The quantitative estimate of drug-likeness (QED) is 0.277. The molecule has 1 amide bonds. The largest absolute Gasteiger partial charge is 0.417 e. The summed E-state index contributed by atoms with van der Waals surface area (Å²) in [5, 5.41) is 2.92. The fourth-order valence-electron chi connectivity index (χ4n) is 4.81. The van der Waals surface area contributed by atoms with Crippen LogP contribution in [0.15, 0.2) is 60.9 Å². The molecule has 3 N–H and O–H groups in total. The van der Waals surface area contributed by atoms with E-state index in [1.807, 2.05) is 0 Å². The van der Waals surface area contributed by atoms with Crippen molar-refractivity contribution in [2.45, 2.75) is 32.0 Å². The molecule has 39 heavy (non-hydrogen) atoms. The van der Waals surface area contributed by atoms with E-state index in [9.17, 15) is 22.8 Å². The van der Waals surface area contributed by atoms with Gasteiger partial charge in [0.2, 0.25) is 5.78 Å². The van der Waals surface area contributed by atoms with Gasteiger partial charge in [0.25, 0.3) is 5.91 Å². The zero-order chi connectivity index (χ0) is 27.7. The lowest BCUT2D eigenvalue weighted by atomic mass is 9.99. The van der Waals surface area contributed by atoms with E-state index in [1.165, 1.54) is 22.9 Å². The zero-order valence-corrected chi connectivity index (χ0v) is 20.8. The van der Waals surface area contributed by atoms with Gasteiger partial charge in [0.05, 0.1) is 11.6 Å². The van der Waals surface area contributed by atoms with Crippen LogP contribution in [0.25, 0.3) is 5.52 Å². The zero-order valence-electron chi connectivity index (χ0n) is 20.8. The van der Waals surface area contributed by atoms with Gasteiger partial charge < -0.3 is 16.0 Å². The molecule has 0 saturated carbocycles. The molecule has 5 rings (SSSR count). The van der Waals surface area contributed by atoms with Crippen LogP contribution in [0.3, 0.4) is 0 Å². The number of carbonyl (C=O) groups excluding carboxylic acids is 2. The Morgan fingerprint density at radius 1 is 1.13 bits per heavy atom. The molecule has 0 aliphatic carbocycles. The number of nitrogen functional groups attached to an aromatic ring is 1. The Bertz CT molecular complexity index is 1640. The van der Waals surface area contributed by atoms with Crippen molar-refractivity contribution in [3.05, 3.63) is 83.6 Å². The smallest absolute Gasteiger partial charge is 0.382 e. The standard InChI is InChI=1S/C28H23F3N6O2/c1-2-7-22(38)36-14-6-10-21(36)27-35-23(24-26(32)33-13-15-37(24)27)25(39)19-12-11-18(16-20(19)28(29,30)31)34-17-8-4-3-5-9-17/h3-5,8-9,11-13,15-16,21,34H,6,10,14H2,1H3,(H2,32,33)/t21-/m0/s1. The van der Waals surface area contributed by atoms with Gasteiger partial charge in [-0.3, -0.25) is 14.0 Å². The number of anilines is 3. The predicted octanol–water partition coefficient (Wildman–Crippen LogP) is 4.99. The fraction of sp³-hybridized carbons (Fsp3) is 0.214. The van der Waals surface area contributed by atoms with Gasteiger partial charge in [0.15, 0.2) is 0 Å². The number of hydrogen-bond acceptors (Lipinski definition) is 6. The van der Waals surface area contributed by atoms with Crippen molar-refractivity contribution < 1.29 is 22.8 Å². The molecule has 1 saturated heterocycles. The lowest BCUT2D eigenvalue weighted by Crippen LogP contribution is -2.30. The number of aromatic nitrogens is 3. The summed E-state index contributed by atoms with van der Waals surface area (Å²) in [4.78, 5) is 36.4. The monoisotopic (exact) mass is 532 g/mol. The number of likely N-dealkylation sites (tertiary alicyclic amines) is 1. The molecule has 11 heteroatoms. The van der Waals surface area contributed by atoms with E-state index in [0.717, 1.165) is 12.1 Å². The normalized spacial score (nSPS) is 15.2. The fourth-order valence-corrected chi connectivity index (χ4v) is 4.81. The first-order valence-electron chi connectivity index (χ1n) is 12.1. The third-order valence-corrected chi connectivity index (χ3v) is 6.50. The number of para-hydroxylation sites is 1. The lowest BCUT2D eigenvalue weighted by molar-refractivity contribution is -0.137. The van der Waals surface area contributed by atoms with Crippen molar-refractivity contribution in [2.24, 2.45) is 0 Å². The van der Waals surface area contributed by atoms with E-state index in [0.29, 0.717) is 30.9 Å². The Morgan fingerprint density at radius 3 is 2.62 bits per heavy atom. The van der Waals surface area contributed by atoms with Gasteiger partial charge in [-0.15, -0.1) is 0 Å². The van der Waals surface area contributed by atoms with Crippen LogP contribution in [-0.2, 0) is 11.0 Å². The minimum absolute atomic E-state index is 0.0697. The van der Waals surface area contributed by atoms with Crippen molar-refractivity contribution in [3.63, 3.8) is 0 Å². The summed E-state index contributed by atoms with van der Waals surface area (Å²) in [7, 11) is 0. The van der Waals surface area contributed by atoms with E-state index in [-0.39, 0.29) is 22.7 Å². The lowest BCUT2D eigenvalue weighted by Gasteiger charge is -2.21. The van der Waals surface area contributed by atoms with Crippen molar-refractivity contribution in [3.8, 4) is 11.8 Å². The molecule has 2 aromatic heterocycles. The van der Waals surface area contributed by atoms with Gasteiger partial charge in [-0.25, -0.2) is 9.97 Å². The Balaban J connectivity index is 1.61. The van der Waals surface area contributed by atoms with Gasteiger partial charge in [0.1, 0.15) is 22.9 Å². The highest BCUT2D eigenvalue weighted by atomic mass is 19.4. The summed E-state index contributed by atoms with van der Waals surface area (Å²) in [6.07, 6.45) is -0.682. The number of halogens is 3. The molecule has 3 heterocycles. The number of ketones is 1. The van der Waals surface area contributed by atoms with Crippen LogP contribution in [0.4, 0.5) is 30.4 Å². The van der Waals surface area contributed by atoms with Crippen molar-refractivity contribution in [2.75, 3.05) is 17.6 Å². The molecule has 198 valence electrons. The van der Waals surface area contributed by atoms with Crippen LogP contribution in [0.5, 0.6) is 0 Å². The molecular formula is C28H23F3N6O2. The van der Waals surface area contributed by atoms with Gasteiger partial charge in [0, 0.05) is 35.9 Å². The second-order valence-electron chi connectivity index (χ2n) is 8.96. The third kappa shape index (κ3) is 4.88. The number of rotatable bonds is 5. The molecular weight excluding hydrogens is 509 g/mol. The number of benzene rings is 2. The predicted molar refractivity (Wildman–Crippen MR) is 139 cm³/mol. The van der Waals surface area contributed by atoms with Crippen LogP contribution in [0, 0.1) is 11.8 Å². The van der Waals surface area contributed by atoms with Crippen LogP contribution in [-0.4, -0.2) is 37.5 Å². The number of alkyl halides is 3. The number of hydrogen-bond donors (Lipinski definition) is 2. The van der Waals surface area contributed by atoms with E-state index < -0.39 is 35.0 Å². The van der Waals surface area contributed by atoms with Gasteiger partial charge in [-0.2, -0.15) is 13.2 Å². The molecule has 1 atom stereocenters. The molecule has 1 aliphatic heterocycles. The molecule has 1 fully saturated rings. The van der Waals surface area contributed by atoms with E-state index in [4.69, 9.17) is 5.73 Å². The van der Waals surface area contributed by atoms with Crippen LogP contribution >= 0.6 is 0 Å². The molecule has 0 radical (unpaired) electrons. The van der Waals surface area contributed by atoms with Crippen molar-refractivity contribution in [1.29, 1.82) is 0 Å². The van der Waals surface area contributed by atoms with Crippen LogP contribution in [0.2, 0.25) is 0 Å². The number of fused-ring (bicyclic) bond motifs is 1. The van der Waals surface area contributed by atoms with Crippen LogP contribution in [0.1, 0.15) is 53.2 Å². The Labute approximate surface area is 221 Å². The molecule has 0 spiro atoms. The number of nitrogens with zero attached hydrogens (tertiary/aromatic N) is 4. The van der Waals surface area contributed by atoms with E-state index in [1.54, 1.807) is 42.2 Å². The second kappa shape index (κ2) is 10.1. The number of amides is 1. The average Bonchev–Trinajstić information content (AvgIpc) is 3.54. The number of carbonyl (C=O) groups is 2. The minimum atomic E-state index is -4.82. The molecule has 1 aliphatic rings. The third-order valence-electron chi connectivity index (χ3n) is 6.50. The molecule has 0 unspecified atom stereocenters. The first-order chi connectivity index (χ1) is 18.7. The average molecular weight is 533 g/mol. The first-order valence-corrected chi connectivity index (χ1v) is 12.1. The second-order valence-corrected chi connectivity index (χ2v) is 8.96. The Kier molecular flexibility index (Phi) is 6.70. The molecule has 8 nitrogen and oxygen atoms in total. The maximum Gasteiger partial charge on any atom is 0.417 e. The van der Waals surface area contributed by atoms with Gasteiger partial charge >= 0.3 is 6.18 Å². The summed E-state index contributed by atoms with van der Waals surface area (Å²) in [6, 6.07) is 11.6. The summed E-state index contributed by atoms with van der Waals surface area (Å²) in [5.41, 5.74) is 4.98. The highest BCUT2D eigenvalue weighted by molar-refractivity contribution is 6.14. The highest BCUT2D eigenvalue weighted by Crippen LogP contribution is 2.38. The molecule has 2 aromatic carbocycles. The summed E-state index contributed by atoms with van der Waals surface area (Å²) < 4.78 is 44.1. The van der Waals surface area contributed by atoms with E-state index >= 15 is 0 Å². The number of nitrogens with two attached hydrogens (primary N) is 1.